The van der Waals surface area contributed by atoms with Crippen LogP contribution in [0, 0.1) is 0 Å². The van der Waals surface area contributed by atoms with Crippen LogP contribution in [0.5, 0.6) is 0 Å². The largest absolute Gasteiger partial charge is 0.333 e. The quantitative estimate of drug-likeness (QED) is 0.519. The summed E-state index contributed by atoms with van der Waals surface area (Å²) in [6.45, 7) is 0. The first kappa shape index (κ1) is 17.1. The molecule has 1 aliphatic heterocycles. The number of hydrogen-bond acceptors (Lipinski definition) is 4. The molecule has 0 atom stereocenters. The summed E-state index contributed by atoms with van der Waals surface area (Å²) in [7, 11) is 0. The maximum atomic E-state index is 13.1. The normalized spacial score (nSPS) is 14.0. The molecule has 2 amide bonds. The van der Waals surface area contributed by atoms with Crippen molar-refractivity contribution in [3.8, 4) is 0 Å². The number of rotatable bonds is 4. The van der Waals surface area contributed by atoms with E-state index in [1.54, 1.807) is 71.7 Å². The highest BCUT2D eigenvalue weighted by molar-refractivity contribution is 9.10. The topological polar surface area (TPSA) is 66.2 Å². The number of carbonyl (C=O) groups excluding carboxylic acids is 2. The van der Waals surface area contributed by atoms with E-state index in [-0.39, 0.29) is 11.4 Å². The van der Waals surface area contributed by atoms with E-state index in [1.165, 1.54) is 0 Å². The molecule has 1 N–H and O–H groups in total. The first-order valence-electron chi connectivity index (χ1n) is 8.18. The maximum Gasteiger partial charge on any atom is 0.333 e. The van der Waals surface area contributed by atoms with Gasteiger partial charge in [-0.05, 0) is 40.2 Å². The number of nitrogens with one attached hydrogen (secondary N) is 1. The lowest BCUT2D eigenvalue weighted by Gasteiger charge is -2.13. The Kier molecular flexibility index (Phi) is 4.52. The number of aromatic nitrogens is 2. The fraction of sp³-hybridized carbons (Fsp3) is 0. The lowest BCUT2D eigenvalue weighted by Crippen LogP contribution is -2.39. The van der Waals surface area contributed by atoms with Gasteiger partial charge in [0.15, 0.2) is 18.1 Å². The Morgan fingerprint density at radius 3 is 2.26 bits per heavy atom. The van der Waals surface area contributed by atoms with E-state index >= 15 is 0 Å². The number of carbonyl (C=O) groups is 2. The molecule has 0 aliphatic carbocycles. The van der Waals surface area contributed by atoms with Gasteiger partial charge >= 0.3 is 11.6 Å². The lowest BCUT2D eigenvalue weighted by molar-refractivity contribution is -0.577. The molecule has 3 heterocycles. The molecule has 0 radical (unpaired) electrons. The van der Waals surface area contributed by atoms with Crippen LogP contribution in [0.2, 0.25) is 0 Å². The number of imide groups is 1. The Balaban J connectivity index is 1.81. The molecule has 132 valence electrons. The summed E-state index contributed by atoms with van der Waals surface area (Å²) in [6, 6.07) is 17.8. The van der Waals surface area contributed by atoms with Gasteiger partial charge in [0, 0.05) is 22.8 Å². The SMILES string of the molecule is O=C1C(Nc2ccc(Br)cn2)=C([n+]2ccccc2)C(=O)N1c1ccccc1. The summed E-state index contributed by atoms with van der Waals surface area (Å²) in [4.78, 5) is 31.6. The smallest absolute Gasteiger partial charge is 0.330 e. The Labute approximate surface area is 163 Å². The predicted molar refractivity (Wildman–Crippen MR) is 104 cm³/mol. The molecular formula is C20H14BrN4O2+. The number of para-hydroxylation sites is 1. The molecule has 1 aliphatic rings. The van der Waals surface area contributed by atoms with E-state index in [4.69, 9.17) is 0 Å². The Morgan fingerprint density at radius 1 is 0.889 bits per heavy atom. The number of anilines is 2. The van der Waals surface area contributed by atoms with E-state index in [2.05, 4.69) is 26.2 Å². The first-order chi connectivity index (χ1) is 13.1. The van der Waals surface area contributed by atoms with E-state index < -0.39 is 11.8 Å². The van der Waals surface area contributed by atoms with Crippen molar-refractivity contribution in [1.29, 1.82) is 0 Å². The molecule has 2 aromatic heterocycles. The van der Waals surface area contributed by atoms with Gasteiger partial charge in [-0.15, -0.1) is 0 Å². The van der Waals surface area contributed by atoms with Crippen molar-refractivity contribution >= 4 is 44.9 Å². The summed E-state index contributed by atoms with van der Waals surface area (Å²) in [5.41, 5.74) is 0.936. The molecule has 27 heavy (non-hydrogen) atoms. The third-order valence-electron chi connectivity index (χ3n) is 4.03. The Bertz CT molecular complexity index is 1030. The average Bonchev–Trinajstić information content (AvgIpc) is 2.95. The molecule has 0 spiro atoms. The lowest BCUT2D eigenvalue weighted by atomic mass is 10.3. The second-order valence-corrected chi connectivity index (χ2v) is 6.69. The predicted octanol–water partition coefficient (Wildman–Crippen LogP) is 2.99. The average molecular weight is 422 g/mol. The zero-order valence-corrected chi connectivity index (χ0v) is 15.6. The minimum atomic E-state index is -0.428. The van der Waals surface area contributed by atoms with Gasteiger partial charge in [0.25, 0.3) is 5.91 Å². The zero-order valence-electron chi connectivity index (χ0n) is 14.0. The van der Waals surface area contributed by atoms with Crippen molar-refractivity contribution in [2.45, 2.75) is 0 Å². The van der Waals surface area contributed by atoms with E-state index in [9.17, 15) is 9.59 Å². The number of amides is 2. The van der Waals surface area contributed by atoms with Crippen molar-refractivity contribution in [3.63, 3.8) is 0 Å². The van der Waals surface area contributed by atoms with Crippen molar-refractivity contribution < 1.29 is 14.2 Å². The first-order valence-corrected chi connectivity index (χ1v) is 8.98. The maximum absolute atomic E-state index is 13.1. The number of halogens is 1. The molecule has 0 fully saturated rings. The van der Waals surface area contributed by atoms with Crippen molar-refractivity contribution in [2.75, 3.05) is 10.2 Å². The minimum Gasteiger partial charge on any atom is -0.330 e. The third-order valence-corrected chi connectivity index (χ3v) is 4.50. The molecule has 0 unspecified atom stereocenters. The monoisotopic (exact) mass is 421 g/mol. The molecule has 0 bridgehead atoms. The number of nitrogens with zero attached hydrogens (tertiary/aromatic N) is 3. The van der Waals surface area contributed by atoms with Crippen LogP contribution in [0.3, 0.4) is 0 Å². The minimum absolute atomic E-state index is 0.176. The van der Waals surface area contributed by atoms with Gasteiger partial charge in [0.1, 0.15) is 5.82 Å². The van der Waals surface area contributed by atoms with Gasteiger partial charge in [-0.3, -0.25) is 9.59 Å². The standard InChI is InChI=1S/C20H13BrN4O2/c21-14-9-10-16(22-13-14)23-17-18(24-11-5-2-6-12-24)20(27)25(19(17)26)15-7-3-1-4-8-15/h1-13H/p+1. The highest BCUT2D eigenvalue weighted by atomic mass is 79.9. The summed E-state index contributed by atoms with van der Waals surface area (Å²) in [6.07, 6.45) is 5.08. The molecule has 3 aromatic rings. The number of pyridine rings is 2. The molecular weight excluding hydrogens is 408 g/mol. The fourth-order valence-corrected chi connectivity index (χ4v) is 3.04. The van der Waals surface area contributed by atoms with Gasteiger partial charge in [0.2, 0.25) is 0 Å². The molecule has 0 saturated carbocycles. The second kappa shape index (κ2) is 7.13. The van der Waals surface area contributed by atoms with Crippen LogP contribution in [0.1, 0.15) is 0 Å². The molecule has 6 nitrogen and oxygen atoms in total. The summed E-state index contributed by atoms with van der Waals surface area (Å²) in [5.74, 6) is -0.359. The molecule has 1 aromatic carbocycles. The summed E-state index contributed by atoms with van der Waals surface area (Å²) in [5, 5.41) is 3.01. The van der Waals surface area contributed by atoms with E-state index in [0.29, 0.717) is 11.5 Å². The Hall–Kier alpha value is -3.32. The molecule has 0 saturated heterocycles. The zero-order chi connectivity index (χ0) is 18.8. The number of benzene rings is 1. The van der Waals surface area contributed by atoms with Crippen LogP contribution in [0.4, 0.5) is 11.5 Å². The van der Waals surface area contributed by atoms with Crippen LogP contribution in [0.15, 0.2) is 89.4 Å². The highest BCUT2D eigenvalue weighted by Gasteiger charge is 2.45. The van der Waals surface area contributed by atoms with Gasteiger partial charge < -0.3 is 5.32 Å². The molecule has 4 rings (SSSR count). The highest BCUT2D eigenvalue weighted by Crippen LogP contribution is 2.27. The van der Waals surface area contributed by atoms with Crippen molar-refractivity contribution in [2.24, 2.45) is 0 Å². The van der Waals surface area contributed by atoms with Crippen LogP contribution in [-0.2, 0) is 9.59 Å². The fourth-order valence-electron chi connectivity index (χ4n) is 2.81. The summed E-state index contributed by atoms with van der Waals surface area (Å²) < 4.78 is 2.45. The molecule has 7 heteroatoms. The van der Waals surface area contributed by atoms with Crippen LogP contribution < -0.4 is 14.8 Å². The van der Waals surface area contributed by atoms with E-state index in [1.807, 2.05) is 12.1 Å². The van der Waals surface area contributed by atoms with Gasteiger partial charge in [-0.2, -0.15) is 4.57 Å². The van der Waals surface area contributed by atoms with Gasteiger partial charge in [-0.25, -0.2) is 9.88 Å². The van der Waals surface area contributed by atoms with Crippen molar-refractivity contribution in [3.05, 3.63) is 89.4 Å². The summed E-state index contributed by atoms with van der Waals surface area (Å²) >= 11 is 3.33. The van der Waals surface area contributed by atoms with Gasteiger partial charge in [-0.1, -0.05) is 24.3 Å². The number of hydrogen-bond donors (Lipinski definition) is 1. The van der Waals surface area contributed by atoms with E-state index in [0.717, 1.165) is 9.37 Å². The van der Waals surface area contributed by atoms with Crippen LogP contribution in [-0.4, -0.2) is 16.8 Å². The Morgan fingerprint density at radius 2 is 1.59 bits per heavy atom. The third kappa shape index (κ3) is 3.24. The van der Waals surface area contributed by atoms with Crippen LogP contribution in [0.25, 0.3) is 5.70 Å². The van der Waals surface area contributed by atoms with Crippen LogP contribution >= 0.6 is 15.9 Å². The van der Waals surface area contributed by atoms with Gasteiger partial charge in [0.05, 0.1) is 5.69 Å². The van der Waals surface area contributed by atoms with Crippen molar-refractivity contribution in [1.82, 2.24) is 4.98 Å². The second-order valence-electron chi connectivity index (χ2n) is 5.77.